The van der Waals surface area contributed by atoms with Gasteiger partial charge in [0, 0.05) is 5.56 Å². The van der Waals surface area contributed by atoms with Crippen LogP contribution in [0.15, 0.2) is 52.1 Å². The first-order valence-corrected chi connectivity index (χ1v) is 12.0. The number of aromatic nitrogens is 2. The quantitative estimate of drug-likeness (QED) is 0.351. The second-order valence-electron chi connectivity index (χ2n) is 6.52. The Morgan fingerprint density at radius 3 is 2.62 bits per heavy atom. The van der Waals surface area contributed by atoms with Crippen molar-refractivity contribution in [3.05, 3.63) is 68.6 Å². The van der Waals surface area contributed by atoms with E-state index >= 15 is 0 Å². The van der Waals surface area contributed by atoms with Gasteiger partial charge in [0.05, 0.1) is 28.1 Å². The summed E-state index contributed by atoms with van der Waals surface area (Å²) in [7, 11) is 0. The van der Waals surface area contributed by atoms with E-state index in [1.165, 1.54) is 0 Å². The summed E-state index contributed by atoms with van der Waals surface area (Å²) < 4.78 is 12.0. The van der Waals surface area contributed by atoms with Crippen molar-refractivity contribution in [2.24, 2.45) is 0 Å². The van der Waals surface area contributed by atoms with E-state index in [-0.39, 0.29) is 12.5 Å². The number of hydrogen-bond donors (Lipinski definition) is 2. The molecule has 0 fully saturated rings. The highest BCUT2D eigenvalue weighted by Crippen LogP contribution is 2.40. The molecule has 0 saturated carbocycles. The van der Waals surface area contributed by atoms with Crippen LogP contribution in [0.1, 0.15) is 24.2 Å². The Balaban J connectivity index is 1.76. The maximum atomic E-state index is 12.0. The summed E-state index contributed by atoms with van der Waals surface area (Å²) in [6.45, 7) is 1.76. The number of aliphatic hydroxyl groups is 1. The minimum Gasteiger partial charge on any atom is -0.611 e. The lowest BCUT2D eigenvalue weighted by molar-refractivity contribution is 0.277. The van der Waals surface area contributed by atoms with Crippen molar-refractivity contribution in [1.29, 1.82) is 0 Å². The molecule has 0 aliphatic heterocycles. The van der Waals surface area contributed by atoms with Gasteiger partial charge in [-0.2, -0.15) is 11.3 Å². The van der Waals surface area contributed by atoms with Crippen molar-refractivity contribution < 1.29 is 9.66 Å². The number of nitrogens with one attached hydrogen (secondary N) is 1. The lowest BCUT2D eigenvalue weighted by Crippen LogP contribution is -2.09. The number of aromatic amines is 1. The molecule has 0 amide bonds. The van der Waals surface area contributed by atoms with Gasteiger partial charge in [-0.1, -0.05) is 35.3 Å². The normalized spacial score (nSPS) is 13.7. The Hall–Kier alpha value is -1.54. The summed E-state index contributed by atoms with van der Waals surface area (Å²) in [6, 6.07) is 11.2. The van der Waals surface area contributed by atoms with Gasteiger partial charge in [0.1, 0.15) is 17.1 Å². The molecular formula is C21H18Cl2N2O2S2. The van der Waals surface area contributed by atoms with Crippen LogP contribution < -0.4 is 0 Å². The van der Waals surface area contributed by atoms with Crippen molar-refractivity contribution in [3.8, 4) is 11.1 Å². The second kappa shape index (κ2) is 8.68. The summed E-state index contributed by atoms with van der Waals surface area (Å²) in [5, 5.41) is 15.0. The minimum atomic E-state index is -1.01. The van der Waals surface area contributed by atoms with Crippen molar-refractivity contribution >= 4 is 56.7 Å². The topological polar surface area (TPSA) is 72.0 Å². The molecule has 2 aromatic heterocycles. The van der Waals surface area contributed by atoms with E-state index in [1.807, 2.05) is 54.1 Å². The monoisotopic (exact) mass is 464 g/mol. The molecule has 4 nitrogen and oxygen atoms in total. The van der Waals surface area contributed by atoms with Crippen LogP contribution in [0, 0.1) is 0 Å². The largest absolute Gasteiger partial charge is 0.611 e. The average molecular weight is 465 g/mol. The molecule has 2 unspecified atom stereocenters. The Morgan fingerprint density at radius 1 is 1.24 bits per heavy atom. The van der Waals surface area contributed by atoms with Crippen molar-refractivity contribution in [3.63, 3.8) is 0 Å². The molecule has 0 radical (unpaired) electrons. The summed E-state index contributed by atoms with van der Waals surface area (Å²) >= 11 is 13.7. The highest BCUT2D eigenvalue weighted by atomic mass is 35.5. The summed E-state index contributed by atoms with van der Waals surface area (Å²) in [5.74, 6) is 0.816. The third-order valence-corrected chi connectivity index (χ3v) is 7.49. The Morgan fingerprint density at radius 2 is 2.00 bits per heavy atom. The third kappa shape index (κ3) is 3.93. The van der Waals surface area contributed by atoms with Crippen LogP contribution in [-0.2, 0) is 11.2 Å². The SMILES string of the molecule is CC[S+]([O-])c1ccc(C(CO)c2nc3c(Cl)c(-c4ccsc4)c(Cl)cc3[nH]2)cc1. The first kappa shape index (κ1) is 20.7. The van der Waals surface area contributed by atoms with Crippen LogP contribution in [0.4, 0.5) is 0 Å². The minimum absolute atomic E-state index is 0.126. The third-order valence-electron chi connectivity index (χ3n) is 4.82. The zero-order valence-corrected chi connectivity index (χ0v) is 18.6. The highest BCUT2D eigenvalue weighted by Gasteiger charge is 2.22. The number of thiophene rings is 1. The molecule has 0 aliphatic rings. The van der Waals surface area contributed by atoms with Crippen LogP contribution in [0.2, 0.25) is 10.0 Å². The molecule has 4 rings (SSSR count). The number of hydrogen-bond acceptors (Lipinski definition) is 4. The van der Waals surface area contributed by atoms with Gasteiger partial charge in [-0.3, -0.25) is 0 Å². The molecule has 0 bridgehead atoms. The molecule has 0 spiro atoms. The van der Waals surface area contributed by atoms with Crippen molar-refractivity contribution in [2.75, 3.05) is 12.4 Å². The van der Waals surface area contributed by atoms with Crippen LogP contribution in [0.3, 0.4) is 0 Å². The standard InChI is InChI=1S/C21H18Cl2N2O2S2/c1-2-29(27)14-5-3-12(4-6-14)15(10-26)21-24-17-9-16(22)18(13-7-8-28-11-13)19(23)20(17)25-21/h3-9,11,15,26H,2,10H2,1H3,(H,24,25). The zero-order chi connectivity index (χ0) is 20.5. The average Bonchev–Trinajstić information content (AvgIpc) is 3.39. The Labute approximate surface area is 185 Å². The predicted octanol–water partition coefficient (Wildman–Crippen LogP) is 5.85. The molecule has 29 heavy (non-hydrogen) atoms. The van der Waals surface area contributed by atoms with E-state index in [9.17, 15) is 9.66 Å². The maximum absolute atomic E-state index is 12.0. The molecule has 8 heteroatoms. The number of rotatable bonds is 6. The first-order valence-electron chi connectivity index (χ1n) is 9.02. The van der Waals surface area contributed by atoms with Crippen LogP contribution >= 0.6 is 34.5 Å². The molecule has 0 aliphatic carbocycles. The number of fused-ring (bicyclic) bond motifs is 1. The van der Waals surface area contributed by atoms with E-state index in [0.717, 1.165) is 27.1 Å². The van der Waals surface area contributed by atoms with E-state index in [4.69, 9.17) is 23.2 Å². The fourth-order valence-electron chi connectivity index (χ4n) is 3.30. The van der Waals surface area contributed by atoms with Gasteiger partial charge < -0.3 is 14.6 Å². The molecule has 2 N–H and O–H groups in total. The van der Waals surface area contributed by atoms with Gasteiger partial charge in [0.2, 0.25) is 0 Å². The Bertz CT molecular complexity index is 1130. The molecule has 150 valence electrons. The van der Waals surface area contributed by atoms with Crippen molar-refractivity contribution in [2.45, 2.75) is 17.7 Å². The van der Waals surface area contributed by atoms with Gasteiger partial charge in [0.25, 0.3) is 0 Å². The lowest BCUT2D eigenvalue weighted by atomic mass is 9.99. The molecule has 0 saturated heterocycles. The molecule has 2 heterocycles. The lowest BCUT2D eigenvalue weighted by Gasteiger charge is -2.13. The number of benzene rings is 2. The van der Waals surface area contributed by atoms with Gasteiger partial charge in [-0.15, -0.1) is 0 Å². The van der Waals surface area contributed by atoms with E-state index in [2.05, 4.69) is 9.97 Å². The molecule has 2 atom stereocenters. The van der Waals surface area contributed by atoms with Gasteiger partial charge in [-0.25, -0.2) is 4.98 Å². The van der Waals surface area contributed by atoms with Gasteiger partial charge in [-0.05, 0) is 64.3 Å². The van der Waals surface area contributed by atoms with Crippen molar-refractivity contribution in [1.82, 2.24) is 9.97 Å². The highest BCUT2D eigenvalue weighted by molar-refractivity contribution is 7.91. The number of halogens is 2. The maximum Gasteiger partial charge on any atom is 0.152 e. The molecular weight excluding hydrogens is 447 g/mol. The second-order valence-corrected chi connectivity index (χ2v) is 9.82. The number of nitrogens with zero attached hydrogens (tertiary/aromatic N) is 1. The van der Waals surface area contributed by atoms with Crippen LogP contribution in [0.25, 0.3) is 22.2 Å². The molecule has 4 aromatic rings. The van der Waals surface area contributed by atoms with E-state index in [1.54, 1.807) is 11.3 Å². The summed E-state index contributed by atoms with van der Waals surface area (Å²) in [5.41, 5.74) is 3.93. The number of H-pyrrole nitrogens is 1. The summed E-state index contributed by atoms with van der Waals surface area (Å²) in [6.07, 6.45) is 0. The van der Waals surface area contributed by atoms with E-state index in [0.29, 0.717) is 27.1 Å². The van der Waals surface area contributed by atoms with E-state index < -0.39 is 11.2 Å². The van der Waals surface area contributed by atoms with Crippen LogP contribution in [-0.4, -0.2) is 32.0 Å². The number of imidazole rings is 1. The smallest absolute Gasteiger partial charge is 0.152 e. The summed E-state index contributed by atoms with van der Waals surface area (Å²) in [4.78, 5) is 8.70. The Kier molecular flexibility index (Phi) is 6.20. The van der Waals surface area contributed by atoms with Gasteiger partial charge >= 0.3 is 0 Å². The molecule has 2 aromatic carbocycles. The van der Waals surface area contributed by atoms with Crippen LogP contribution in [0.5, 0.6) is 0 Å². The predicted molar refractivity (Wildman–Crippen MR) is 122 cm³/mol. The van der Waals surface area contributed by atoms with Gasteiger partial charge in [0.15, 0.2) is 4.90 Å². The zero-order valence-electron chi connectivity index (χ0n) is 15.5. The fourth-order valence-corrected chi connectivity index (χ4v) is 5.44. The fraction of sp³-hybridized carbons (Fsp3) is 0.190. The number of aliphatic hydroxyl groups excluding tert-OH is 1. The first-order chi connectivity index (χ1) is 14.0.